The molecule has 1 aromatic rings. The molecule has 0 spiro atoms. The molecule has 0 aliphatic heterocycles. The van der Waals surface area contributed by atoms with Crippen LogP contribution in [0.1, 0.15) is 11.1 Å². The van der Waals surface area contributed by atoms with E-state index >= 15 is 0 Å². The van der Waals surface area contributed by atoms with E-state index in [1.54, 1.807) is 18.2 Å². The number of methoxy groups -OCH3 is 1. The molecule has 0 heterocycles. The highest BCUT2D eigenvalue weighted by atomic mass is 16.5. The molecule has 0 amide bonds. The van der Waals surface area contributed by atoms with Gasteiger partial charge in [-0.05, 0) is 24.0 Å². The summed E-state index contributed by atoms with van der Waals surface area (Å²) in [5, 5.41) is 9.16. The van der Waals surface area contributed by atoms with E-state index in [-0.39, 0.29) is 12.8 Å². The van der Waals surface area contributed by atoms with Gasteiger partial charge < -0.3 is 9.84 Å². The van der Waals surface area contributed by atoms with Crippen molar-refractivity contribution in [3.8, 4) is 0 Å². The standard InChI is InChI=1S/C14H14O5/c1-19-14(18)11-7-9-5-3-2-4-8(9)6-10(12(11)15)13(16)17/h2-5,10-11H,6-7H2,1H3,(H,16,17). The topological polar surface area (TPSA) is 80.7 Å². The van der Waals surface area contributed by atoms with Gasteiger partial charge in [0.05, 0.1) is 7.11 Å². The molecule has 0 radical (unpaired) electrons. The molecule has 1 aliphatic rings. The lowest BCUT2D eigenvalue weighted by Crippen LogP contribution is -2.35. The fraction of sp³-hybridized carbons (Fsp3) is 0.357. The summed E-state index contributed by atoms with van der Waals surface area (Å²) in [4.78, 5) is 35.1. The van der Waals surface area contributed by atoms with Crippen LogP contribution in [0.4, 0.5) is 0 Å². The van der Waals surface area contributed by atoms with E-state index < -0.39 is 29.6 Å². The van der Waals surface area contributed by atoms with Crippen molar-refractivity contribution in [3.05, 3.63) is 35.4 Å². The summed E-state index contributed by atoms with van der Waals surface area (Å²) >= 11 is 0. The SMILES string of the molecule is COC(=O)C1Cc2ccccc2CC(C(=O)O)C1=O. The first-order valence-electron chi connectivity index (χ1n) is 5.95. The molecule has 100 valence electrons. The molecule has 0 bridgehead atoms. The van der Waals surface area contributed by atoms with E-state index in [2.05, 4.69) is 4.74 Å². The van der Waals surface area contributed by atoms with E-state index in [1.165, 1.54) is 7.11 Å². The number of hydrogen-bond acceptors (Lipinski definition) is 4. The molecular formula is C14H14O5. The second-order valence-electron chi connectivity index (χ2n) is 4.55. The second kappa shape index (κ2) is 5.22. The lowest BCUT2D eigenvalue weighted by atomic mass is 9.90. The van der Waals surface area contributed by atoms with E-state index in [9.17, 15) is 14.4 Å². The smallest absolute Gasteiger partial charge is 0.316 e. The molecule has 0 aromatic heterocycles. The number of carbonyl (C=O) groups is 3. The molecule has 5 nitrogen and oxygen atoms in total. The fourth-order valence-corrected chi connectivity index (χ4v) is 2.39. The van der Waals surface area contributed by atoms with Crippen LogP contribution < -0.4 is 0 Å². The van der Waals surface area contributed by atoms with Crippen LogP contribution >= 0.6 is 0 Å². The molecule has 0 saturated heterocycles. The summed E-state index contributed by atoms with van der Waals surface area (Å²) < 4.78 is 4.61. The van der Waals surface area contributed by atoms with Gasteiger partial charge in [0.15, 0.2) is 5.78 Å². The number of ether oxygens (including phenoxy) is 1. The van der Waals surface area contributed by atoms with Gasteiger partial charge in [-0.2, -0.15) is 0 Å². The van der Waals surface area contributed by atoms with Gasteiger partial charge in [-0.3, -0.25) is 14.4 Å². The zero-order chi connectivity index (χ0) is 14.0. The van der Waals surface area contributed by atoms with Crippen LogP contribution in [0.15, 0.2) is 24.3 Å². The van der Waals surface area contributed by atoms with Gasteiger partial charge in [-0.1, -0.05) is 24.3 Å². The van der Waals surface area contributed by atoms with Crippen molar-refractivity contribution < 1.29 is 24.2 Å². The number of fused-ring (bicyclic) bond motifs is 1. The first kappa shape index (κ1) is 13.3. The number of hydrogen-bond donors (Lipinski definition) is 1. The molecule has 5 heteroatoms. The van der Waals surface area contributed by atoms with Gasteiger partial charge in [0.2, 0.25) is 0 Å². The fourth-order valence-electron chi connectivity index (χ4n) is 2.39. The summed E-state index contributed by atoms with van der Waals surface area (Å²) in [5.41, 5.74) is 1.63. The van der Waals surface area contributed by atoms with Crippen LogP contribution in [-0.2, 0) is 32.0 Å². The Kier molecular flexibility index (Phi) is 3.64. The summed E-state index contributed by atoms with van der Waals surface area (Å²) in [6, 6.07) is 7.19. The minimum Gasteiger partial charge on any atom is -0.481 e. The van der Waals surface area contributed by atoms with Gasteiger partial charge in [-0.25, -0.2) is 0 Å². The Morgan fingerprint density at radius 2 is 1.68 bits per heavy atom. The molecule has 0 fully saturated rings. The Hall–Kier alpha value is -2.17. The predicted octanol–water partition coefficient (Wildman–Crippen LogP) is 0.844. The van der Waals surface area contributed by atoms with E-state index in [0.717, 1.165) is 11.1 Å². The summed E-state index contributed by atoms with van der Waals surface area (Å²) in [7, 11) is 1.20. The van der Waals surface area contributed by atoms with E-state index in [0.29, 0.717) is 0 Å². The van der Waals surface area contributed by atoms with Gasteiger partial charge in [-0.15, -0.1) is 0 Å². The highest BCUT2D eigenvalue weighted by Crippen LogP contribution is 2.26. The maximum atomic E-state index is 12.2. The number of rotatable bonds is 2. The molecule has 19 heavy (non-hydrogen) atoms. The van der Waals surface area contributed by atoms with Crippen LogP contribution in [0.25, 0.3) is 0 Å². The number of carboxylic acids is 1. The lowest BCUT2D eigenvalue weighted by Gasteiger charge is -2.13. The van der Waals surface area contributed by atoms with Crippen molar-refractivity contribution in [2.75, 3.05) is 7.11 Å². The normalized spacial score (nSPS) is 22.3. The number of Topliss-reactive ketones (excluding diaryl/α,β-unsaturated/α-hetero) is 1. The minimum atomic E-state index is -1.20. The van der Waals surface area contributed by atoms with Crippen LogP contribution in [-0.4, -0.2) is 29.9 Å². The molecule has 2 rings (SSSR count). The molecule has 2 atom stereocenters. The van der Waals surface area contributed by atoms with Crippen molar-refractivity contribution in [2.45, 2.75) is 12.8 Å². The Morgan fingerprint density at radius 1 is 1.16 bits per heavy atom. The van der Waals surface area contributed by atoms with Crippen LogP contribution in [0, 0.1) is 11.8 Å². The lowest BCUT2D eigenvalue weighted by molar-refractivity contribution is -0.153. The van der Waals surface area contributed by atoms with Gasteiger partial charge in [0.1, 0.15) is 11.8 Å². The highest BCUT2D eigenvalue weighted by Gasteiger charge is 2.40. The number of benzene rings is 1. The highest BCUT2D eigenvalue weighted by molar-refractivity contribution is 6.08. The maximum absolute atomic E-state index is 12.2. The molecule has 2 unspecified atom stereocenters. The molecular weight excluding hydrogens is 248 g/mol. The van der Waals surface area contributed by atoms with Crippen LogP contribution in [0.3, 0.4) is 0 Å². The third-order valence-electron chi connectivity index (χ3n) is 3.44. The summed E-state index contributed by atoms with van der Waals surface area (Å²) in [6.45, 7) is 0. The Labute approximate surface area is 110 Å². The van der Waals surface area contributed by atoms with Gasteiger partial charge in [0, 0.05) is 0 Å². The maximum Gasteiger partial charge on any atom is 0.316 e. The molecule has 0 saturated carbocycles. The summed E-state index contributed by atoms with van der Waals surface area (Å²) in [5.74, 6) is -4.67. The van der Waals surface area contributed by atoms with Crippen molar-refractivity contribution in [1.82, 2.24) is 0 Å². The molecule has 1 N–H and O–H groups in total. The Balaban J connectivity index is 2.45. The van der Waals surface area contributed by atoms with Gasteiger partial charge >= 0.3 is 11.9 Å². The molecule has 1 aromatic carbocycles. The van der Waals surface area contributed by atoms with Crippen molar-refractivity contribution in [3.63, 3.8) is 0 Å². The first-order chi connectivity index (χ1) is 9.04. The second-order valence-corrected chi connectivity index (χ2v) is 4.55. The Bertz CT molecular complexity index is 534. The van der Waals surface area contributed by atoms with Crippen LogP contribution in [0.2, 0.25) is 0 Å². The average molecular weight is 262 g/mol. The number of aliphatic carboxylic acids is 1. The largest absolute Gasteiger partial charge is 0.481 e. The average Bonchev–Trinajstić information content (AvgIpc) is 2.55. The first-order valence-corrected chi connectivity index (χ1v) is 5.95. The van der Waals surface area contributed by atoms with Crippen LogP contribution in [0.5, 0.6) is 0 Å². The predicted molar refractivity (Wildman–Crippen MR) is 65.5 cm³/mol. The zero-order valence-corrected chi connectivity index (χ0v) is 10.5. The Morgan fingerprint density at radius 3 is 2.16 bits per heavy atom. The number of esters is 1. The van der Waals surface area contributed by atoms with Crippen molar-refractivity contribution in [2.24, 2.45) is 11.8 Å². The van der Waals surface area contributed by atoms with E-state index in [1.807, 2.05) is 6.07 Å². The quantitative estimate of drug-likeness (QED) is 0.485. The number of carbonyl (C=O) groups excluding carboxylic acids is 2. The zero-order valence-electron chi connectivity index (χ0n) is 10.5. The van der Waals surface area contributed by atoms with Crippen molar-refractivity contribution >= 4 is 17.7 Å². The number of ketones is 1. The van der Waals surface area contributed by atoms with Gasteiger partial charge in [0.25, 0.3) is 0 Å². The summed E-state index contributed by atoms with van der Waals surface area (Å²) in [6.07, 6.45) is 0.323. The third kappa shape index (κ3) is 2.50. The van der Waals surface area contributed by atoms with E-state index in [4.69, 9.17) is 5.11 Å². The molecule has 1 aliphatic carbocycles. The third-order valence-corrected chi connectivity index (χ3v) is 3.44. The van der Waals surface area contributed by atoms with Crippen molar-refractivity contribution in [1.29, 1.82) is 0 Å². The minimum absolute atomic E-state index is 0.123. The monoisotopic (exact) mass is 262 g/mol. The number of carboxylic acid groups (broad SMARTS) is 1.